The zero-order valence-electron chi connectivity index (χ0n) is 17.7. The number of methoxy groups -OCH3 is 1. The van der Waals surface area contributed by atoms with E-state index in [0.29, 0.717) is 17.1 Å². The van der Waals surface area contributed by atoms with Crippen LogP contribution in [0.15, 0.2) is 36.4 Å². The lowest BCUT2D eigenvalue weighted by atomic mass is 10.1. The summed E-state index contributed by atoms with van der Waals surface area (Å²) in [5, 5.41) is 2.72. The molecular weight excluding hydrogens is 384 g/mol. The number of esters is 1. The fraction of sp³-hybridized carbons (Fsp3) is 0.348. The van der Waals surface area contributed by atoms with Gasteiger partial charge in [-0.1, -0.05) is 12.1 Å². The summed E-state index contributed by atoms with van der Waals surface area (Å²) in [6.45, 7) is 5.59. The van der Waals surface area contributed by atoms with Crippen molar-refractivity contribution in [3.8, 4) is 5.75 Å². The van der Waals surface area contributed by atoms with Crippen LogP contribution < -0.4 is 15.0 Å². The monoisotopic (exact) mass is 410 g/mol. The summed E-state index contributed by atoms with van der Waals surface area (Å²) in [5.74, 6) is -1.23. The molecule has 1 aliphatic heterocycles. The second-order valence-electron chi connectivity index (χ2n) is 7.61. The number of nitrogens with one attached hydrogen (secondary N) is 1. The first kappa shape index (κ1) is 21.4. The SMILES string of the molecule is COc1ccc(C)cc1N1C[C@@H](C(=O)OCC(=O)Nc2cc(C)cc(C)c2)CC1=O. The number of anilines is 2. The van der Waals surface area contributed by atoms with Gasteiger partial charge in [-0.15, -0.1) is 0 Å². The Morgan fingerprint density at radius 1 is 1.07 bits per heavy atom. The second-order valence-corrected chi connectivity index (χ2v) is 7.61. The molecule has 3 rings (SSSR count). The van der Waals surface area contributed by atoms with E-state index >= 15 is 0 Å². The zero-order chi connectivity index (χ0) is 21.8. The number of aryl methyl sites for hydroxylation is 3. The van der Waals surface area contributed by atoms with Crippen LogP contribution in [-0.2, 0) is 19.1 Å². The van der Waals surface area contributed by atoms with Crippen molar-refractivity contribution in [2.24, 2.45) is 5.92 Å². The predicted molar refractivity (Wildman–Crippen MR) is 114 cm³/mol. The van der Waals surface area contributed by atoms with Gasteiger partial charge in [0.05, 0.1) is 18.7 Å². The van der Waals surface area contributed by atoms with Crippen LogP contribution in [0.3, 0.4) is 0 Å². The molecule has 7 heteroatoms. The average Bonchev–Trinajstić information content (AvgIpc) is 3.07. The molecule has 1 atom stereocenters. The highest BCUT2D eigenvalue weighted by Crippen LogP contribution is 2.34. The molecule has 1 heterocycles. The Labute approximate surface area is 176 Å². The Kier molecular flexibility index (Phi) is 6.40. The van der Waals surface area contributed by atoms with Crippen LogP contribution in [0.4, 0.5) is 11.4 Å². The van der Waals surface area contributed by atoms with E-state index in [1.54, 1.807) is 6.07 Å². The maximum atomic E-state index is 12.5. The number of nitrogens with zero attached hydrogens (tertiary/aromatic N) is 1. The normalized spacial score (nSPS) is 15.8. The van der Waals surface area contributed by atoms with E-state index in [2.05, 4.69) is 5.32 Å². The van der Waals surface area contributed by atoms with Crippen molar-refractivity contribution in [1.29, 1.82) is 0 Å². The molecule has 2 aromatic rings. The molecule has 0 unspecified atom stereocenters. The minimum absolute atomic E-state index is 0.0363. The summed E-state index contributed by atoms with van der Waals surface area (Å²) in [7, 11) is 1.54. The number of rotatable bonds is 6. The van der Waals surface area contributed by atoms with Gasteiger partial charge < -0.3 is 19.7 Å². The van der Waals surface area contributed by atoms with Gasteiger partial charge in [-0.25, -0.2) is 0 Å². The summed E-state index contributed by atoms with van der Waals surface area (Å²) < 4.78 is 10.5. The van der Waals surface area contributed by atoms with Gasteiger partial charge in [0, 0.05) is 18.7 Å². The van der Waals surface area contributed by atoms with Crippen LogP contribution in [0.1, 0.15) is 23.1 Å². The number of benzene rings is 2. The highest BCUT2D eigenvalue weighted by atomic mass is 16.5. The van der Waals surface area contributed by atoms with Crippen molar-refractivity contribution in [3.63, 3.8) is 0 Å². The molecule has 0 saturated carbocycles. The molecule has 0 bridgehead atoms. The van der Waals surface area contributed by atoms with Gasteiger partial charge in [-0.3, -0.25) is 14.4 Å². The molecular formula is C23H26N2O5. The minimum atomic E-state index is -0.628. The highest BCUT2D eigenvalue weighted by Gasteiger charge is 2.37. The third kappa shape index (κ3) is 4.97. The van der Waals surface area contributed by atoms with E-state index < -0.39 is 24.4 Å². The second kappa shape index (κ2) is 8.98. The lowest BCUT2D eigenvalue weighted by molar-refractivity contribution is -0.151. The molecule has 7 nitrogen and oxygen atoms in total. The largest absolute Gasteiger partial charge is 0.495 e. The van der Waals surface area contributed by atoms with Gasteiger partial charge in [-0.05, 0) is 61.7 Å². The fourth-order valence-corrected chi connectivity index (χ4v) is 3.61. The van der Waals surface area contributed by atoms with E-state index in [-0.39, 0.29) is 18.9 Å². The molecule has 0 aliphatic carbocycles. The van der Waals surface area contributed by atoms with Crippen LogP contribution in [0.5, 0.6) is 5.75 Å². The smallest absolute Gasteiger partial charge is 0.311 e. The number of carbonyl (C=O) groups is 3. The standard InChI is InChI=1S/C23H26N2O5/c1-14-5-6-20(29-4)19(10-14)25-12-17(11-22(25)27)23(28)30-13-21(26)24-18-8-15(2)7-16(3)9-18/h5-10,17H,11-13H2,1-4H3,(H,24,26)/t17-/m0/s1. The third-order valence-electron chi connectivity index (χ3n) is 4.93. The van der Waals surface area contributed by atoms with Crippen molar-refractivity contribution < 1.29 is 23.9 Å². The Hall–Kier alpha value is -3.35. The summed E-state index contributed by atoms with van der Waals surface area (Å²) in [6.07, 6.45) is 0.0363. The summed E-state index contributed by atoms with van der Waals surface area (Å²) in [5.41, 5.74) is 4.32. The maximum Gasteiger partial charge on any atom is 0.311 e. The highest BCUT2D eigenvalue weighted by molar-refractivity contribution is 6.01. The molecule has 1 N–H and O–H groups in total. The van der Waals surface area contributed by atoms with Crippen LogP contribution in [0, 0.1) is 26.7 Å². The van der Waals surface area contributed by atoms with Gasteiger partial charge in [0.15, 0.2) is 6.61 Å². The van der Waals surface area contributed by atoms with Crippen LogP contribution in [-0.4, -0.2) is 38.0 Å². The number of hydrogen-bond acceptors (Lipinski definition) is 5. The lowest BCUT2D eigenvalue weighted by Gasteiger charge is -2.20. The molecule has 2 aromatic carbocycles. The number of ether oxygens (including phenoxy) is 2. The van der Waals surface area contributed by atoms with E-state index in [4.69, 9.17) is 9.47 Å². The third-order valence-corrected chi connectivity index (χ3v) is 4.93. The summed E-state index contributed by atoms with van der Waals surface area (Å²) >= 11 is 0. The number of amides is 2. The maximum absolute atomic E-state index is 12.5. The lowest BCUT2D eigenvalue weighted by Crippen LogP contribution is -2.28. The molecule has 30 heavy (non-hydrogen) atoms. The van der Waals surface area contributed by atoms with Gasteiger partial charge >= 0.3 is 5.97 Å². The molecule has 0 spiro atoms. The number of hydrogen-bond donors (Lipinski definition) is 1. The van der Waals surface area contributed by atoms with E-state index in [1.807, 2.05) is 51.1 Å². The Morgan fingerprint density at radius 3 is 2.43 bits per heavy atom. The Morgan fingerprint density at radius 2 is 1.77 bits per heavy atom. The van der Waals surface area contributed by atoms with Gasteiger partial charge in [-0.2, -0.15) is 0 Å². The van der Waals surface area contributed by atoms with Crippen molar-refractivity contribution in [2.45, 2.75) is 27.2 Å². The quantitative estimate of drug-likeness (QED) is 0.740. The zero-order valence-corrected chi connectivity index (χ0v) is 17.7. The van der Waals surface area contributed by atoms with Crippen LogP contribution in [0.2, 0.25) is 0 Å². The van der Waals surface area contributed by atoms with Crippen molar-refractivity contribution in [3.05, 3.63) is 53.1 Å². The van der Waals surface area contributed by atoms with Crippen molar-refractivity contribution in [2.75, 3.05) is 30.5 Å². The average molecular weight is 410 g/mol. The van der Waals surface area contributed by atoms with Gasteiger partial charge in [0.25, 0.3) is 5.91 Å². The van der Waals surface area contributed by atoms with Crippen molar-refractivity contribution >= 4 is 29.2 Å². The molecule has 1 saturated heterocycles. The fourth-order valence-electron chi connectivity index (χ4n) is 3.61. The van der Waals surface area contributed by atoms with Gasteiger partial charge in [0.1, 0.15) is 5.75 Å². The first-order valence-electron chi connectivity index (χ1n) is 9.76. The Bertz CT molecular complexity index is 965. The summed E-state index contributed by atoms with van der Waals surface area (Å²) in [4.78, 5) is 38.6. The molecule has 0 aromatic heterocycles. The van der Waals surface area contributed by atoms with E-state index in [9.17, 15) is 14.4 Å². The molecule has 0 radical (unpaired) electrons. The van der Waals surface area contributed by atoms with E-state index in [0.717, 1.165) is 16.7 Å². The molecule has 1 fully saturated rings. The topological polar surface area (TPSA) is 84.9 Å². The van der Waals surface area contributed by atoms with Gasteiger partial charge in [0.2, 0.25) is 5.91 Å². The predicted octanol–water partition coefficient (Wildman–Crippen LogP) is 3.16. The number of carbonyl (C=O) groups excluding carboxylic acids is 3. The minimum Gasteiger partial charge on any atom is -0.495 e. The van der Waals surface area contributed by atoms with Crippen LogP contribution >= 0.6 is 0 Å². The van der Waals surface area contributed by atoms with Crippen LogP contribution in [0.25, 0.3) is 0 Å². The first-order chi connectivity index (χ1) is 14.3. The first-order valence-corrected chi connectivity index (χ1v) is 9.76. The molecule has 1 aliphatic rings. The van der Waals surface area contributed by atoms with Crippen molar-refractivity contribution in [1.82, 2.24) is 0 Å². The Balaban J connectivity index is 1.58. The molecule has 158 valence electrons. The molecule has 2 amide bonds. The summed E-state index contributed by atoms with van der Waals surface area (Å²) in [6, 6.07) is 11.2. The van der Waals surface area contributed by atoms with E-state index in [1.165, 1.54) is 12.0 Å².